The standard InChI is InChI=1S/C24H18ClFN2O4/c25-17-7-11(1-5-18(17)26)19(29)10-32-12-2-6-20(27-9-12)28-23(30)21-13-3-4-14(16-8-15(13)16)22(21)24(28)31/h1-7,9,13-16,21-22H,8,10H2/t13-,14+,15+,16-,21-,22+. The Morgan fingerprint density at radius 2 is 1.78 bits per heavy atom. The van der Waals surface area contributed by atoms with Gasteiger partial charge in [-0.1, -0.05) is 23.8 Å². The van der Waals surface area contributed by atoms with Crippen LogP contribution in [-0.2, 0) is 9.59 Å². The second-order valence-electron chi connectivity index (χ2n) is 8.86. The van der Waals surface area contributed by atoms with Crippen LogP contribution < -0.4 is 9.64 Å². The largest absolute Gasteiger partial charge is 0.484 e. The predicted octanol–water partition coefficient (Wildman–Crippen LogP) is 3.69. The van der Waals surface area contributed by atoms with Crippen molar-refractivity contribution in [3.8, 4) is 5.75 Å². The van der Waals surface area contributed by atoms with E-state index in [1.54, 1.807) is 12.1 Å². The van der Waals surface area contributed by atoms with Gasteiger partial charge in [0, 0.05) is 5.56 Å². The summed E-state index contributed by atoms with van der Waals surface area (Å²) in [6.07, 6.45) is 6.75. The average Bonchev–Trinajstić information content (AvgIpc) is 3.58. The van der Waals surface area contributed by atoms with Crippen LogP contribution in [0.15, 0.2) is 48.7 Å². The van der Waals surface area contributed by atoms with Gasteiger partial charge in [0.2, 0.25) is 11.8 Å². The quantitative estimate of drug-likeness (QED) is 0.393. The maximum absolute atomic E-state index is 13.3. The predicted molar refractivity (Wildman–Crippen MR) is 113 cm³/mol. The monoisotopic (exact) mass is 452 g/mol. The van der Waals surface area contributed by atoms with Crippen molar-refractivity contribution in [3.05, 3.63) is 65.1 Å². The second kappa shape index (κ2) is 6.97. The highest BCUT2D eigenvalue weighted by molar-refractivity contribution is 6.31. The number of imide groups is 1. The maximum atomic E-state index is 13.3. The Balaban J connectivity index is 1.15. The van der Waals surface area contributed by atoms with E-state index in [4.69, 9.17) is 16.3 Å². The number of halogens is 2. The van der Waals surface area contributed by atoms with Crippen LogP contribution in [0.1, 0.15) is 16.8 Å². The molecule has 0 spiro atoms. The third kappa shape index (κ3) is 2.84. The Bertz CT molecular complexity index is 1160. The van der Waals surface area contributed by atoms with Crippen molar-refractivity contribution in [3.63, 3.8) is 0 Å². The Labute approximate surface area is 188 Å². The van der Waals surface area contributed by atoms with Crippen LogP contribution in [0.25, 0.3) is 0 Å². The molecule has 3 fully saturated rings. The van der Waals surface area contributed by atoms with Crippen molar-refractivity contribution in [2.75, 3.05) is 11.5 Å². The third-order valence-electron chi connectivity index (χ3n) is 7.22. The van der Waals surface area contributed by atoms with Gasteiger partial charge >= 0.3 is 0 Å². The van der Waals surface area contributed by atoms with E-state index in [-0.39, 0.29) is 64.3 Å². The van der Waals surface area contributed by atoms with E-state index in [1.807, 2.05) is 0 Å². The first-order valence-corrected chi connectivity index (χ1v) is 10.9. The molecular formula is C24H18ClFN2O4. The smallest absolute Gasteiger partial charge is 0.239 e. The van der Waals surface area contributed by atoms with Gasteiger partial charge in [-0.05, 0) is 60.4 Å². The fraction of sp³-hybridized carbons (Fsp3) is 0.333. The van der Waals surface area contributed by atoms with Crippen LogP contribution >= 0.6 is 11.6 Å². The van der Waals surface area contributed by atoms with Gasteiger partial charge in [-0.3, -0.25) is 14.4 Å². The number of amides is 2. The van der Waals surface area contributed by atoms with E-state index < -0.39 is 5.82 Å². The summed E-state index contributed by atoms with van der Waals surface area (Å²) in [5.41, 5.74) is 0.234. The summed E-state index contributed by atoms with van der Waals surface area (Å²) in [4.78, 5) is 44.0. The molecule has 2 bridgehead atoms. The van der Waals surface area contributed by atoms with Crippen molar-refractivity contribution in [1.29, 1.82) is 0 Å². The van der Waals surface area contributed by atoms with Crippen LogP contribution in [0, 0.1) is 41.3 Å². The molecule has 0 radical (unpaired) electrons. The number of allylic oxidation sites excluding steroid dienone is 2. The van der Waals surface area contributed by atoms with Crippen molar-refractivity contribution in [2.45, 2.75) is 6.42 Å². The summed E-state index contributed by atoms with van der Waals surface area (Å²) in [6, 6.07) is 6.83. The molecule has 0 unspecified atom stereocenters. The van der Waals surface area contributed by atoms with Gasteiger partial charge in [0.05, 0.1) is 23.1 Å². The molecule has 6 atom stereocenters. The number of rotatable bonds is 5. The van der Waals surface area contributed by atoms with E-state index in [1.165, 1.54) is 23.2 Å². The van der Waals surface area contributed by atoms with E-state index in [2.05, 4.69) is 17.1 Å². The van der Waals surface area contributed by atoms with Crippen molar-refractivity contribution < 1.29 is 23.5 Å². The number of Topliss-reactive ketones (excluding diaryl/α,β-unsaturated/α-hetero) is 1. The summed E-state index contributed by atoms with van der Waals surface area (Å²) in [5, 5.41) is -0.136. The van der Waals surface area contributed by atoms with Gasteiger partial charge in [0.1, 0.15) is 17.4 Å². The first-order valence-electron chi connectivity index (χ1n) is 10.6. The van der Waals surface area contributed by atoms with Gasteiger partial charge in [-0.2, -0.15) is 0 Å². The molecule has 2 amide bonds. The highest BCUT2D eigenvalue weighted by Crippen LogP contribution is 2.65. The lowest BCUT2D eigenvalue weighted by Crippen LogP contribution is -2.40. The number of carbonyl (C=O) groups excluding carboxylic acids is 3. The highest BCUT2D eigenvalue weighted by atomic mass is 35.5. The molecule has 0 N–H and O–H groups in total. The molecule has 4 aliphatic carbocycles. The number of benzene rings is 1. The normalized spacial score (nSPS) is 31.5. The van der Waals surface area contributed by atoms with Gasteiger partial charge in [0.15, 0.2) is 12.4 Å². The number of ether oxygens (including phenoxy) is 1. The van der Waals surface area contributed by atoms with Crippen molar-refractivity contribution in [2.24, 2.45) is 35.5 Å². The van der Waals surface area contributed by atoms with Crippen molar-refractivity contribution in [1.82, 2.24) is 4.98 Å². The molecule has 1 aromatic carbocycles. The van der Waals surface area contributed by atoms with Crippen LogP contribution in [0.5, 0.6) is 5.75 Å². The minimum Gasteiger partial charge on any atom is -0.484 e. The summed E-state index contributed by atoms with van der Waals surface area (Å²) >= 11 is 5.71. The molecule has 32 heavy (non-hydrogen) atoms. The molecule has 162 valence electrons. The molecular weight excluding hydrogens is 435 g/mol. The molecule has 8 heteroatoms. The fourth-order valence-electron chi connectivity index (χ4n) is 5.67. The van der Waals surface area contributed by atoms with E-state index in [0.717, 1.165) is 12.5 Å². The van der Waals surface area contributed by atoms with Crippen molar-refractivity contribution >= 4 is 35.0 Å². The molecule has 2 heterocycles. The van der Waals surface area contributed by atoms with Gasteiger partial charge in [0.25, 0.3) is 0 Å². The molecule has 1 aliphatic heterocycles. The van der Waals surface area contributed by atoms with E-state index in [9.17, 15) is 18.8 Å². The number of nitrogens with zero attached hydrogens (tertiary/aromatic N) is 2. The number of hydrogen-bond donors (Lipinski definition) is 0. The third-order valence-corrected chi connectivity index (χ3v) is 7.51. The Kier molecular flexibility index (Phi) is 4.27. The summed E-state index contributed by atoms with van der Waals surface area (Å²) in [6.45, 7) is -0.285. The molecule has 7 rings (SSSR count). The molecule has 2 saturated carbocycles. The summed E-state index contributed by atoms with van der Waals surface area (Å²) in [5.74, 6) is 0.112. The SMILES string of the molecule is O=C(COc1ccc(N2C(=O)[C@@H]3[C@@H]4C=C[C@@H]([C@H]5C[C@@H]45)[C@@H]3C2=O)nc1)c1ccc(F)c(Cl)c1. The second-order valence-corrected chi connectivity index (χ2v) is 9.27. The first-order chi connectivity index (χ1) is 15.4. The minimum absolute atomic E-state index is 0.136. The first kappa shape index (κ1) is 19.6. The Hall–Kier alpha value is -3.06. The van der Waals surface area contributed by atoms with Crippen LogP contribution in [0.4, 0.5) is 10.2 Å². The molecule has 1 saturated heterocycles. The Morgan fingerprint density at radius 1 is 1.09 bits per heavy atom. The van der Waals surface area contributed by atoms with Crippen LogP contribution in [0.2, 0.25) is 5.02 Å². The maximum Gasteiger partial charge on any atom is 0.239 e. The van der Waals surface area contributed by atoms with Crippen LogP contribution in [0.3, 0.4) is 0 Å². The summed E-state index contributed by atoms with van der Waals surface area (Å²) < 4.78 is 18.7. The number of carbonyl (C=O) groups is 3. The topological polar surface area (TPSA) is 76.6 Å². The van der Waals surface area contributed by atoms with Crippen LogP contribution in [-0.4, -0.2) is 29.2 Å². The number of hydrogen-bond acceptors (Lipinski definition) is 5. The molecule has 6 nitrogen and oxygen atoms in total. The molecule has 2 aromatic rings. The number of aromatic nitrogens is 1. The van der Waals surface area contributed by atoms with E-state index in [0.29, 0.717) is 17.6 Å². The molecule has 1 aromatic heterocycles. The van der Waals surface area contributed by atoms with E-state index >= 15 is 0 Å². The zero-order valence-electron chi connectivity index (χ0n) is 16.8. The van der Waals surface area contributed by atoms with Gasteiger partial charge in [-0.25, -0.2) is 14.3 Å². The lowest BCUT2D eigenvalue weighted by atomic mass is 9.63. The van der Waals surface area contributed by atoms with Gasteiger partial charge < -0.3 is 4.74 Å². The average molecular weight is 453 g/mol. The Morgan fingerprint density at radius 3 is 2.38 bits per heavy atom. The highest BCUT2D eigenvalue weighted by Gasteiger charge is 2.67. The number of anilines is 1. The number of pyridine rings is 1. The number of ketones is 1. The lowest BCUT2D eigenvalue weighted by Gasteiger charge is -2.37. The minimum atomic E-state index is -0.601. The fourth-order valence-corrected chi connectivity index (χ4v) is 5.86. The van der Waals surface area contributed by atoms with Gasteiger partial charge in [-0.15, -0.1) is 0 Å². The molecule has 5 aliphatic rings. The lowest BCUT2D eigenvalue weighted by molar-refractivity contribution is -0.124. The summed E-state index contributed by atoms with van der Waals surface area (Å²) in [7, 11) is 0. The zero-order chi connectivity index (χ0) is 22.1. The zero-order valence-corrected chi connectivity index (χ0v) is 17.5.